The van der Waals surface area contributed by atoms with Crippen LogP contribution < -0.4 is 0 Å². The van der Waals surface area contributed by atoms with Crippen molar-refractivity contribution in [3.63, 3.8) is 0 Å². The highest BCUT2D eigenvalue weighted by atomic mass is 16.3. The number of benzene rings is 1. The minimum absolute atomic E-state index is 0.195. The van der Waals surface area contributed by atoms with Crippen LogP contribution in [0.15, 0.2) is 24.3 Å². The van der Waals surface area contributed by atoms with Gasteiger partial charge in [0.1, 0.15) is 0 Å². The smallest absolute Gasteiger partial charge is 0.0580 e. The molecule has 90 valence electrons. The van der Waals surface area contributed by atoms with Gasteiger partial charge >= 0.3 is 0 Å². The Labute approximate surface area is 98.9 Å². The molecule has 0 saturated heterocycles. The topological polar surface area (TPSA) is 23.5 Å². The van der Waals surface area contributed by atoms with Gasteiger partial charge in [0.15, 0.2) is 0 Å². The third-order valence-electron chi connectivity index (χ3n) is 2.58. The lowest BCUT2D eigenvalue weighted by Crippen LogP contribution is -2.12. The normalized spacial score (nSPS) is 13.1. The van der Waals surface area contributed by atoms with Crippen molar-refractivity contribution in [2.75, 3.05) is 14.1 Å². The zero-order chi connectivity index (χ0) is 12.0. The van der Waals surface area contributed by atoms with E-state index in [0.29, 0.717) is 0 Å². The van der Waals surface area contributed by atoms with E-state index in [1.54, 1.807) is 0 Å². The first-order valence-corrected chi connectivity index (χ1v) is 6.02. The molecule has 0 aliphatic rings. The minimum atomic E-state index is -0.195. The lowest BCUT2D eigenvalue weighted by molar-refractivity contribution is 0.164. The third-order valence-corrected chi connectivity index (χ3v) is 2.58. The van der Waals surface area contributed by atoms with Crippen molar-refractivity contribution in [1.82, 2.24) is 4.90 Å². The highest BCUT2D eigenvalue weighted by molar-refractivity contribution is 5.24. The molecule has 0 aromatic heterocycles. The Hall–Kier alpha value is -0.860. The molecule has 0 amide bonds. The number of nitrogens with zero attached hydrogens (tertiary/aromatic N) is 1. The fourth-order valence-corrected chi connectivity index (χ4v) is 1.93. The summed E-state index contributed by atoms with van der Waals surface area (Å²) in [6, 6.07) is 8.50. The molecule has 1 N–H and O–H groups in total. The van der Waals surface area contributed by atoms with E-state index in [2.05, 4.69) is 50.2 Å². The van der Waals surface area contributed by atoms with Crippen molar-refractivity contribution < 1.29 is 5.11 Å². The summed E-state index contributed by atoms with van der Waals surface area (Å²) in [6.07, 6.45) is 2.51. The Bertz CT molecular complexity index is 309. The summed E-state index contributed by atoms with van der Waals surface area (Å²) in [6.45, 7) is 3.06. The molecule has 16 heavy (non-hydrogen) atoms. The van der Waals surface area contributed by atoms with Crippen LogP contribution in [0.5, 0.6) is 0 Å². The Morgan fingerprint density at radius 1 is 1.25 bits per heavy atom. The van der Waals surface area contributed by atoms with Crippen LogP contribution >= 0.6 is 0 Å². The molecule has 2 heteroatoms. The van der Waals surface area contributed by atoms with Crippen molar-refractivity contribution >= 4 is 0 Å². The van der Waals surface area contributed by atoms with Crippen molar-refractivity contribution in [1.29, 1.82) is 0 Å². The van der Waals surface area contributed by atoms with Crippen LogP contribution in [-0.2, 0) is 13.0 Å². The van der Waals surface area contributed by atoms with E-state index in [0.717, 1.165) is 25.8 Å². The van der Waals surface area contributed by atoms with Crippen molar-refractivity contribution in [2.24, 2.45) is 0 Å². The average molecular weight is 221 g/mol. The van der Waals surface area contributed by atoms with Gasteiger partial charge in [-0.25, -0.2) is 0 Å². The van der Waals surface area contributed by atoms with E-state index in [-0.39, 0.29) is 6.10 Å². The molecule has 0 spiro atoms. The molecule has 1 aromatic carbocycles. The van der Waals surface area contributed by atoms with E-state index in [1.807, 2.05) is 0 Å². The number of aliphatic hydroxyl groups is 1. The number of aliphatic hydroxyl groups excluding tert-OH is 1. The first-order chi connectivity index (χ1) is 7.61. The predicted octanol–water partition coefficient (Wildman–Crippen LogP) is 2.45. The molecule has 1 rings (SSSR count). The van der Waals surface area contributed by atoms with E-state index in [4.69, 9.17) is 0 Å². The second-order valence-electron chi connectivity index (χ2n) is 4.70. The summed E-state index contributed by atoms with van der Waals surface area (Å²) in [7, 11) is 4.14. The molecule has 0 aliphatic heterocycles. The lowest BCUT2D eigenvalue weighted by Gasteiger charge is -2.13. The molecule has 0 unspecified atom stereocenters. The maximum absolute atomic E-state index is 9.76. The summed E-state index contributed by atoms with van der Waals surface area (Å²) in [5.41, 5.74) is 2.55. The zero-order valence-electron chi connectivity index (χ0n) is 10.6. The third kappa shape index (κ3) is 4.77. The summed E-state index contributed by atoms with van der Waals surface area (Å²) in [4.78, 5) is 2.15. The Morgan fingerprint density at radius 3 is 2.56 bits per heavy atom. The average Bonchev–Trinajstić information content (AvgIpc) is 2.17. The minimum Gasteiger partial charge on any atom is -0.393 e. The van der Waals surface area contributed by atoms with Crippen molar-refractivity contribution in [3.8, 4) is 0 Å². The SMILES string of the molecule is CCC[C@H](O)Cc1cccc(CN(C)C)c1. The monoisotopic (exact) mass is 221 g/mol. The van der Waals surface area contributed by atoms with Gasteiger partial charge in [-0.15, -0.1) is 0 Å². The second-order valence-corrected chi connectivity index (χ2v) is 4.70. The molecule has 0 bridgehead atoms. The maximum atomic E-state index is 9.76. The Kier molecular flexibility index (Phi) is 5.50. The Balaban J connectivity index is 2.59. The van der Waals surface area contributed by atoms with Gasteiger partial charge < -0.3 is 10.0 Å². The van der Waals surface area contributed by atoms with Gasteiger partial charge in [-0.1, -0.05) is 37.6 Å². The molecule has 0 fully saturated rings. The van der Waals surface area contributed by atoms with Crippen LogP contribution in [0.1, 0.15) is 30.9 Å². The van der Waals surface area contributed by atoms with Crippen molar-refractivity contribution in [2.45, 2.75) is 38.8 Å². The predicted molar refractivity (Wildman–Crippen MR) is 68.5 cm³/mol. The standard InChI is InChI=1S/C14H23NO/c1-4-6-14(16)10-12-7-5-8-13(9-12)11-15(2)3/h5,7-9,14,16H,4,6,10-11H2,1-3H3/t14-/m0/s1. The van der Waals surface area contributed by atoms with Gasteiger partial charge in [-0.3, -0.25) is 0 Å². The molecule has 0 saturated carbocycles. The molecule has 1 atom stereocenters. The highest BCUT2D eigenvalue weighted by Crippen LogP contribution is 2.11. The summed E-state index contributed by atoms with van der Waals surface area (Å²) < 4.78 is 0. The summed E-state index contributed by atoms with van der Waals surface area (Å²) >= 11 is 0. The van der Waals surface area contributed by atoms with Crippen LogP contribution in [-0.4, -0.2) is 30.2 Å². The van der Waals surface area contributed by atoms with Gasteiger partial charge in [0, 0.05) is 6.54 Å². The second kappa shape index (κ2) is 6.66. The van der Waals surface area contributed by atoms with Gasteiger partial charge in [-0.2, -0.15) is 0 Å². The Morgan fingerprint density at radius 2 is 1.94 bits per heavy atom. The van der Waals surface area contributed by atoms with Crippen LogP contribution in [0.2, 0.25) is 0 Å². The molecule has 1 aromatic rings. The van der Waals surface area contributed by atoms with Crippen molar-refractivity contribution in [3.05, 3.63) is 35.4 Å². The highest BCUT2D eigenvalue weighted by Gasteiger charge is 2.05. The zero-order valence-corrected chi connectivity index (χ0v) is 10.6. The molecular formula is C14H23NO. The first kappa shape index (κ1) is 13.2. The van der Waals surface area contributed by atoms with Crippen LogP contribution in [0.4, 0.5) is 0 Å². The molecular weight excluding hydrogens is 198 g/mol. The van der Waals surface area contributed by atoms with Gasteiger partial charge in [-0.05, 0) is 38.1 Å². The van der Waals surface area contributed by atoms with Gasteiger partial charge in [0.2, 0.25) is 0 Å². The van der Waals surface area contributed by atoms with E-state index in [1.165, 1.54) is 11.1 Å². The fourth-order valence-electron chi connectivity index (χ4n) is 1.93. The molecule has 0 heterocycles. The lowest BCUT2D eigenvalue weighted by atomic mass is 10.0. The van der Waals surface area contributed by atoms with Crippen LogP contribution in [0.25, 0.3) is 0 Å². The largest absolute Gasteiger partial charge is 0.393 e. The summed E-state index contributed by atoms with van der Waals surface area (Å²) in [5.74, 6) is 0. The maximum Gasteiger partial charge on any atom is 0.0580 e. The van der Waals surface area contributed by atoms with Crippen LogP contribution in [0.3, 0.4) is 0 Å². The quantitative estimate of drug-likeness (QED) is 0.797. The fraction of sp³-hybridized carbons (Fsp3) is 0.571. The molecule has 0 aliphatic carbocycles. The van der Waals surface area contributed by atoms with E-state index >= 15 is 0 Å². The number of hydrogen-bond donors (Lipinski definition) is 1. The number of rotatable bonds is 6. The van der Waals surface area contributed by atoms with Gasteiger partial charge in [0.25, 0.3) is 0 Å². The summed E-state index contributed by atoms with van der Waals surface area (Å²) in [5, 5.41) is 9.76. The van der Waals surface area contributed by atoms with Crippen LogP contribution in [0, 0.1) is 0 Å². The first-order valence-electron chi connectivity index (χ1n) is 6.02. The number of hydrogen-bond acceptors (Lipinski definition) is 2. The van der Waals surface area contributed by atoms with Gasteiger partial charge in [0.05, 0.1) is 6.10 Å². The molecule has 2 nitrogen and oxygen atoms in total. The molecule has 0 radical (unpaired) electrons. The van der Waals surface area contributed by atoms with E-state index in [9.17, 15) is 5.11 Å². The van der Waals surface area contributed by atoms with E-state index < -0.39 is 0 Å².